The molecule has 4 amide bonds. The van der Waals surface area contributed by atoms with Gasteiger partial charge in [-0.2, -0.15) is 0 Å². The zero-order chi connectivity index (χ0) is 28.0. The van der Waals surface area contributed by atoms with E-state index >= 15 is 0 Å². The highest BCUT2D eigenvalue weighted by Gasteiger charge is 2.48. The number of aliphatic hydroxyl groups is 1. The Labute approximate surface area is 218 Å². The molecule has 1 aromatic carbocycles. The number of likely N-dealkylation sites (N-methyl/N-ethyl adjacent to an activating group) is 1. The molecule has 0 heterocycles. The van der Waals surface area contributed by atoms with Gasteiger partial charge in [-0.25, -0.2) is 9.59 Å². The third-order valence-electron chi connectivity index (χ3n) is 6.06. The van der Waals surface area contributed by atoms with Crippen molar-refractivity contribution in [3.8, 4) is 0 Å². The first-order chi connectivity index (χ1) is 17.2. The first-order valence-corrected chi connectivity index (χ1v) is 12.4. The number of nitrogens with zero attached hydrogens (tertiary/aromatic N) is 1. The number of anilines is 1. The molecule has 0 saturated heterocycles. The van der Waals surface area contributed by atoms with E-state index in [-0.39, 0.29) is 19.1 Å². The zero-order valence-electron chi connectivity index (χ0n) is 22.7. The molecular weight excluding hydrogens is 480 g/mol. The Hall–Kier alpha value is -3.34. The SMILES string of the molecule is CC(C)[C@H](NC(=O)OC(C)(C)C)C(=O)N[C@@H](C)C(=O)Nc1ccc(COC(=O)N(C)C2(CO)CC2)cc1. The average Bonchev–Trinajstić information content (AvgIpc) is 3.61. The summed E-state index contributed by atoms with van der Waals surface area (Å²) in [5, 5.41) is 17.4. The standard InChI is InChI=1S/C26H40N4O7/c1-16(2)20(29-23(34)37-25(4,5)6)22(33)27-17(3)21(32)28-19-10-8-18(9-11-19)14-36-24(35)30(7)26(15-31)12-13-26/h8-11,16-17,20,31H,12-15H2,1-7H3,(H,27,33)(H,28,32)(H,29,34)/t17-,20-/m0/s1. The maximum absolute atomic E-state index is 12.7. The van der Waals surface area contributed by atoms with Gasteiger partial charge in [-0.15, -0.1) is 0 Å². The van der Waals surface area contributed by atoms with E-state index in [1.807, 2.05) is 0 Å². The number of amides is 4. The molecule has 1 aliphatic carbocycles. The molecule has 0 bridgehead atoms. The topological polar surface area (TPSA) is 146 Å². The fourth-order valence-corrected chi connectivity index (χ4v) is 3.45. The summed E-state index contributed by atoms with van der Waals surface area (Å²) in [5.74, 6) is -1.17. The van der Waals surface area contributed by atoms with E-state index in [0.717, 1.165) is 18.4 Å². The van der Waals surface area contributed by atoms with Gasteiger partial charge in [0.2, 0.25) is 11.8 Å². The van der Waals surface area contributed by atoms with Crippen molar-refractivity contribution in [1.82, 2.24) is 15.5 Å². The number of aliphatic hydroxyl groups excluding tert-OH is 1. The molecule has 4 N–H and O–H groups in total. The van der Waals surface area contributed by atoms with Gasteiger partial charge in [-0.1, -0.05) is 26.0 Å². The van der Waals surface area contributed by atoms with Crippen molar-refractivity contribution in [2.75, 3.05) is 19.0 Å². The lowest BCUT2D eigenvalue weighted by molar-refractivity contribution is -0.128. The smallest absolute Gasteiger partial charge is 0.410 e. The van der Waals surface area contributed by atoms with Gasteiger partial charge in [0.25, 0.3) is 0 Å². The molecule has 0 aliphatic heterocycles. The van der Waals surface area contributed by atoms with Gasteiger partial charge in [0, 0.05) is 12.7 Å². The van der Waals surface area contributed by atoms with E-state index in [2.05, 4.69) is 16.0 Å². The van der Waals surface area contributed by atoms with Gasteiger partial charge in [0.1, 0.15) is 24.3 Å². The van der Waals surface area contributed by atoms with Crippen molar-refractivity contribution in [3.05, 3.63) is 29.8 Å². The van der Waals surface area contributed by atoms with E-state index in [0.29, 0.717) is 5.69 Å². The molecule has 37 heavy (non-hydrogen) atoms. The van der Waals surface area contributed by atoms with Gasteiger partial charge in [0.15, 0.2) is 0 Å². The highest BCUT2D eigenvalue weighted by atomic mass is 16.6. The predicted octanol–water partition coefficient (Wildman–Crippen LogP) is 2.77. The second-order valence-electron chi connectivity index (χ2n) is 10.8. The van der Waals surface area contributed by atoms with Gasteiger partial charge < -0.3 is 35.4 Å². The lowest BCUT2D eigenvalue weighted by Crippen LogP contribution is -2.54. The molecule has 2 atom stereocenters. The van der Waals surface area contributed by atoms with E-state index in [9.17, 15) is 24.3 Å². The van der Waals surface area contributed by atoms with E-state index in [4.69, 9.17) is 9.47 Å². The molecular formula is C26H40N4O7. The summed E-state index contributed by atoms with van der Waals surface area (Å²) in [4.78, 5) is 51.1. The maximum atomic E-state index is 12.7. The lowest BCUT2D eigenvalue weighted by Gasteiger charge is -2.26. The van der Waals surface area contributed by atoms with Crippen molar-refractivity contribution in [2.45, 2.75) is 84.2 Å². The van der Waals surface area contributed by atoms with Crippen molar-refractivity contribution < 1.29 is 33.8 Å². The Balaban J connectivity index is 1.85. The van der Waals surface area contributed by atoms with Crippen LogP contribution in [0, 0.1) is 5.92 Å². The highest BCUT2D eigenvalue weighted by Crippen LogP contribution is 2.40. The fraction of sp³-hybridized carbons (Fsp3) is 0.615. The number of nitrogens with one attached hydrogen (secondary N) is 3. The molecule has 1 fully saturated rings. The van der Waals surface area contributed by atoms with Crippen LogP contribution in [0.4, 0.5) is 15.3 Å². The van der Waals surface area contributed by atoms with Crippen LogP contribution in [-0.4, -0.2) is 70.9 Å². The second kappa shape index (κ2) is 12.3. The van der Waals surface area contributed by atoms with Crippen molar-refractivity contribution in [1.29, 1.82) is 0 Å². The number of benzene rings is 1. The fourth-order valence-electron chi connectivity index (χ4n) is 3.45. The molecule has 11 heteroatoms. The van der Waals surface area contributed by atoms with E-state index < -0.39 is 47.2 Å². The van der Waals surface area contributed by atoms with E-state index in [1.165, 1.54) is 4.90 Å². The second-order valence-corrected chi connectivity index (χ2v) is 10.8. The van der Waals surface area contributed by atoms with Crippen LogP contribution in [0.1, 0.15) is 59.9 Å². The van der Waals surface area contributed by atoms with Crippen molar-refractivity contribution >= 4 is 29.7 Å². The Morgan fingerprint density at radius 3 is 2.11 bits per heavy atom. The number of hydrogen-bond donors (Lipinski definition) is 4. The summed E-state index contributed by atoms with van der Waals surface area (Å²) in [6.07, 6.45) is 0.285. The summed E-state index contributed by atoms with van der Waals surface area (Å²) in [6.45, 7) is 10.2. The molecule has 0 spiro atoms. The third-order valence-corrected chi connectivity index (χ3v) is 6.06. The third kappa shape index (κ3) is 8.92. The van der Waals surface area contributed by atoms with Crippen LogP contribution in [0.25, 0.3) is 0 Å². The molecule has 0 unspecified atom stereocenters. The van der Waals surface area contributed by atoms with Crippen LogP contribution in [0.2, 0.25) is 0 Å². The number of alkyl carbamates (subject to hydrolysis) is 1. The van der Waals surface area contributed by atoms with Crippen LogP contribution in [-0.2, 0) is 25.7 Å². The Kier molecular flexibility index (Phi) is 9.91. The number of rotatable bonds is 10. The van der Waals surface area contributed by atoms with Crippen LogP contribution in [0.15, 0.2) is 24.3 Å². The molecule has 0 radical (unpaired) electrons. The lowest BCUT2D eigenvalue weighted by atomic mass is 10.0. The molecule has 11 nitrogen and oxygen atoms in total. The molecule has 0 aromatic heterocycles. The largest absolute Gasteiger partial charge is 0.445 e. The average molecular weight is 521 g/mol. The van der Waals surface area contributed by atoms with Gasteiger partial charge in [-0.3, -0.25) is 9.59 Å². The zero-order valence-corrected chi connectivity index (χ0v) is 22.7. The van der Waals surface area contributed by atoms with Gasteiger partial charge in [0.05, 0.1) is 12.1 Å². The number of ether oxygens (including phenoxy) is 2. The normalized spacial score (nSPS) is 15.7. The summed E-state index contributed by atoms with van der Waals surface area (Å²) >= 11 is 0. The first-order valence-electron chi connectivity index (χ1n) is 12.4. The molecule has 1 saturated carbocycles. The van der Waals surface area contributed by atoms with Crippen molar-refractivity contribution in [2.24, 2.45) is 5.92 Å². The number of hydrogen-bond acceptors (Lipinski definition) is 7. The number of carbonyl (C=O) groups is 4. The summed E-state index contributed by atoms with van der Waals surface area (Å²) in [7, 11) is 1.61. The van der Waals surface area contributed by atoms with Crippen molar-refractivity contribution in [3.63, 3.8) is 0 Å². The Bertz CT molecular complexity index is 968. The molecule has 206 valence electrons. The minimum Gasteiger partial charge on any atom is -0.445 e. The van der Waals surface area contributed by atoms with Gasteiger partial charge >= 0.3 is 12.2 Å². The molecule has 1 aromatic rings. The first kappa shape index (κ1) is 29.9. The van der Waals surface area contributed by atoms with Gasteiger partial charge in [-0.05, 0) is 64.2 Å². The molecule has 2 rings (SSSR count). The maximum Gasteiger partial charge on any atom is 0.410 e. The minimum atomic E-state index is -0.877. The van der Waals surface area contributed by atoms with E-state index in [1.54, 1.807) is 72.9 Å². The quantitative estimate of drug-likeness (QED) is 0.371. The highest BCUT2D eigenvalue weighted by molar-refractivity contribution is 5.98. The number of carbonyl (C=O) groups excluding carboxylic acids is 4. The Morgan fingerprint density at radius 1 is 1.03 bits per heavy atom. The summed E-state index contributed by atoms with van der Waals surface area (Å²) < 4.78 is 10.5. The predicted molar refractivity (Wildman–Crippen MR) is 138 cm³/mol. The minimum absolute atomic E-state index is 0.0482. The summed E-state index contributed by atoms with van der Waals surface area (Å²) in [5.41, 5.74) is 0.0197. The van der Waals surface area contributed by atoms with Crippen LogP contribution in [0.5, 0.6) is 0 Å². The van der Waals surface area contributed by atoms with Crippen LogP contribution < -0.4 is 16.0 Å². The van der Waals surface area contributed by atoms with Crippen LogP contribution in [0.3, 0.4) is 0 Å². The monoisotopic (exact) mass is 520 g/mol. The van der Waals surface area contributed by atoms with Crippen LogP contribution >= 0.6 is 0 Å². The Morgan fingerprint density at radius 2 is 1.62 bits per heavy atom. The summed E-state index contributed by atoms with van der Waals surface area (Å²) in [6, 6.07) is 5.01. The molecule has 1 aliphatic rings.